The molecule has 2 atom stereocenters. The van der Waals surface area contributed by atoms with Crippen LogP contribution in [0.3, 0.4) is 0 Å². The Morgan fingerprint density at radius 1 is 1.75 bits per heavy atom. The van der Waals surface area contributed by atoms with Crippen LogP contribution in [0.1, 0.15) is 19.8 Å². The Morgan fingerprint density at radius 3 is 3.08 bits per heavy atom. The van der Waals surface area contributed by atoms with E-state index in [1.54, 1.807) is 0 Å². The van der Waals surface area contributed by atoms with Crippen LogP contribution in [-0.4, -0.2) is 31.2 Å². The molecule has 4 nitrogen and oxygen atoms in total. The van der Waals surface area contributed by atoms with Gasteiger partial charge in [-0.2, -0.15) is 0 Å². The van der Waals surface area contributed by atoms with E-state index in [0.717, 1.165) is 6.42 Å². The van der Waals surface area contributed by atoms with E-state index in [1.807, 2.05) is 6.92 Å². The molecule has 0 spiro atoms. The number of amides is 1. The highest BCUT2D eigenvalue weighted by Crippen LogP contribution is 2.04. The van der Waals surface area contributed by atoms with Gasteiger partial charge in [0.2, 0.25) is 5.91 Å². The van der Waals surface area contributed by atoms with Crippen molar-refractivity contribution in [2.24, 2.45) is 5.73 Å². The molecular weight excluding hydrogens is 156 g/mol. The van der Waals surface area contributed by atoms with Crippen molar-refractivity contribution >= 4 is 5.91 Å². The lowest BCUT2D eigenvalue weighted by molar-refractivity contribution is -0.122. The summed E-state index contributed by atoms with van der Waals surface area (Å²) in [5, 5.41) is 2.83. The van der Waals surface area contributed by atoms with Gasteiger partial charge in [-0.15, -0.1) is 0 Å². The van der Waals surface area contributed by atoms with Crippen molar-refractivity contribution in [3.05, 3.63) is 0 Å². The van der Waals surface area contributed by atoms with Gasteiger partial charge in [-0.05, 0) is 6.42 Å². The third-order valence-corrected chi connectivity index (χ3v) is 2.08. The summed E-state index contributed by atoms with van der Waals surface area (Å²) in [6.07, 6.45) is 1.33. The Hall–Kier alpha value is -0.610. The number of rotatable bonds is 2. The maximum Gasteiger partial charge on any atom is 0.220 e. The van der Waals surface area contributed by atoms with E-state index in [2.05, 4.69) is 5.32 Å². The van der Waals surface area contributed by atoms with Crippen molar-refractivity contribution in [1.29, 1.82) is 0 Å². The van der Waals surface area contributed by atoms with Gasteiger partial charge in [0.25, 0.3) is 0 Å². The number of hydrogen-bond acceptors (Lipinski definition) is 3. The highest BCUT2D eigenvalue weighted by molar-refractivity contribution is 5.75. The average molecular weight is 172 g/mol. The van der Waals surface area contributed by atoms with Gasteiger partial charge < -0.3 is 15.8 Å². The molecule has 1 aliphatic rings. The Bertz CT molecular complexity index is 161. The smallest absolute Gasteiger partial charge is 0.220 e. The average Bonchev–Trinajstić information content (AvgIpc) is 2.09. The van der Waals surface area contributed by atoms with Crippen molar-refractivity contribution in [1.82, 2.24) is 5.32 Å². The fourth-order valence-electron chi connectivity index (χ4n) is 1.21. The zero-order valence-electron chi connectivity index (χ0n) is 7.38. The first-order chi connectivity index (χ1) is 5.74. The summed E-state index contributed by atoms with van der Waals surface area (Å²) >= 11 is 0. The van der Waals surface area contributed by atoms with Crippen LogP contribution < -0.4 is 11.1 Å². The normalized spacial score (nSPS) is 29.8. The quantitative estimate of drug-likeness (QED) is 0.597. The van der Waals surface area contributed by atoms with Crippen LogP contribution in [0.25, 0.3) is 0 Å². The molecule has 1 saturated heterocycles. The number of nitrogens with one attached hydrogen (secondary N) is 1. The molecule has 70 valence electrons. The first-order valence-electron chi connectivity index (χ1n) is 4.36. The standard InChI is InChI=1S/C8H16N2O2/c1-2-8(11)10-7-5-12-4-3-6(7)9/h6-7H,2-5,9H2,1H3,(H,10,11). The molecule has 0 aromatic carbocycles. The molecular formula is C8H16N2O2. The van der Waals surface area contributed by atoms with Gasteiger partial charge in [0.05, 0.1) is 12.6 Å². The number of carbonyl (C=O) groups is 1. The second-order valence-corrected chi connectivity index (χ2v) is 3.06. The Morgan fingerprint density at radius 2 is 2.50 bits per heavy atom. The van der Waals surface area contributed by atoms with Gasteiger partial charge >= 0.3 is 0 Å². The van der Waals surface area contributed by atoms with E-state index < -0.39 is 0 Å². The molecule has 4 heteroatoms. The van der Waals surface area contributed by atoms with Crippen molar-refractivity contribution < 1.29 is 9.53 Å². The molecule has 0 aromatic rings. The highest BCUT2D eigenvalue weighted by Gasteiger charge is 2.23. The SMILES string of the molecule is CCC(=O)NC1COCCC1N. The fraction of sp³-hybridized carbons (Fsp3) is 0.875. The zero-order valence-corrected chi connectivity index (χ0v) is 7.38. The molecule has 2 unspecified atom stereocenters. The summed E-state index contributed by atoms with van der Waals surface area (Å²) in [6.45, 7) is 3.08. The maximum atomic E-state index is 11.0. The first-order valence-corrected chi connectivity index (χ1v) is 4.36. The van der Waals surface area contributed by atoms with Crippen molar-refractivity contribution in [3.63, 3.8) is 0 Å². The van der Waals surface area contributed by atoms with E-state index >= 15 is 0 Å². The van der Waals surface area contributed by atoms with Crippen LogP contribution in [0.4, 0.5) is 0 Å². The molecule has 1 heterocycles. The largest absolute Gasteiger partial charge is 0.379 e. The summed E-state index contributed by atoms with van der Waals surface area (Å²) < 4.78 is 5.20. The summed E-state index contributed by atoms with van der Waals surface area (Å²) in [6, 6.07) is 0.0560. The minimum absolute atomic E-state index is 0.00574. The fourth-order valence-corrected chi connectivity index (χ4v) is 1.21. The lowest BCUT2D eigenvalue weighted by Gasteiger charge is -2.29. The van der Waals surface area contributed by atoms with Gasteiger partial charge in [0.15, 0.2) is 0 Å². The van der Waals surface area contributed by atoms with Crippen molar-refractivity contribution in [2.75, 3.05) is 13.2 Å². The van der Waals surface area contributed by atoms with Gasteiger partial charge in [-0.25, -0.2) is 0 Å². The lowest BCUT2D eigenvalue weighted by Crippen LogP contribution is -2.53. The van der Waals surface area contributed by atoms with E-state index in [0.29, 0.717) is 19.6 Å². The van der Waals surface area contributed by atoms with Crippen LogP contribution >= 0.6 is 0 Å². The minimum Gasteiger partial charge on any atom is -0.379 e. The zero-order chi connectivity index (χ0) is 8.97. The van der Waals surface area contributed by atoms with Gasteiger partial charge in [0, 0.05) is 19.1 Å². The van der Waals surface area contributed by atoms with E-state index in [-0.39, 0.29) is 18.0 Å². The summed E-state index contributed by atoms with van der Waals surface area (Å²) in [5.41, 5.74) is 5.79. The van der Waals surface area contributed by atoms with E-state index in [1.165, 1.54) is 0 Å². The molecule has 1 aliphatic heterocycles. The molecule has 3 N–H and O–H groups in total. The third-order valence-electron chi connectivity index (χ3n) is 2.08. The predicted molar refractivity (Wildman–Crippen MR) is 45.6 cm³/mol. The molecule has 0 aromatic heterocycles. The van der Waals surface area contributed by atoms with Crippen molar-refractivity contribution in [3.8, 4) is 0 Å². The van der Waals surface area contributed by atoms with Crippen LogP contribution in [0.15, 0.2) is 0 Å². The number of carbonyl (C=O) groups excluding carboxylic acids is 1. The first kappa shape index (κ1) is 9.48. The van der Waals surface area contributed by atoms with Gasteiger partial charge in [-0.3, -0.25) is 4.79 Å². The number of hydrogen-bond donors (Lipinski definition) is 2. The second kappa shape index (κ2) is 4.42. The molecule has 1 rings (SSSR count). The second-order valence-electron chi connectivity index (χ2n) is 3.06. The number of nitrogens with two attached hydrogens (primary N) is 1. The molecule has 1 amide bonds. The molecule has 0 aliphatic carbocycles. The molecule has 0 bridgehead atoms. The molecule has 0 radical (unpaired) electrons. The molecule has 0 saturated carbocycles. The van der Waals surface area contributed by atoms with Crippen molar-refractivity contribution in [2.45, 2.75) is 31.8 Å². The number of ether oxygens (including phenoxy) is 1. The summed E-state index contributed by atoms with van der Waals surface area (Å²) in [7, 11) is 0. The Kier molecular flexibility index (Phi) is 3.49. The minimum atomic E-state index is 0.00574. The molecule has 1 fully saturated rings. The van der Waals surface area contributed by atoms with Crippen LogP contribution in [0, 0.1) is 0 Å². The maximum absolute atomic E-state index is 11.0. The van der Waals surface area contributed by atoms with Gasteiger partial charge in [0.1, 0.15) is 0 Å². The predicted octanol–water partition coefficient (Wildman–Crippen LogP) is -0.371. The topological polar surface area (TPSA) is 64.3 Å². The van der Waals surface area contributed by atoms with Crippen LogP contribution in [0.2, 0.25) is 0 Å². The Labute approximate surface area is 72.5 Å². The van der Waals surface area contributed by atoms with Gasteiger partial charge in [-0.1, -0.05) is 6.92 Å². The monoisotopic (exact) mass is 172 g/mol. The third kappa shape index (κ3) is 2.46. The van der Waals surface area contributed by atoms with Crippen LogP contribution in [0.5, 0.6) is 0 Å². The summed E-state index contributed by atoms with van der Waals surface area (Å²) in [5.74, 6) is 0.0425. The molecule has 12 heavy (non-hydrogen) atoms. The highest BCUT2D eigenvalue weighted by atomic mass is 16.5. The Balaban J connectivity index is 2.33. The van der Waals surface area contributed by atoms with Crippen LogP contribution in [-0.2, 0) is 9.53 Å². The summed E-state index contributed by atoms with van der Waals surface area (Å²) in [4.78, 5) is 11.0. The van der Waals surface area contributed by atoms with E-state index in [9.17, 15) is 4.79 Å². The lowest BCUT2D eigenvalue weighted by atomic mass is 10.0. The van der Waals surface area contributed by atoms with E-state index in [4.69, 9.17) is 10.5 Å².